The fourth-order valence-electron chi connectivity index (χ4n) is 0.938. The second-order valence-electron chi connectivity index (χ2n) is 2.47. The van der Waals surface area contributed by atoms with Crippen LogP contribution in [0.2, 0.25) is 0 Å². The smallest absolute Gasteiger partial charge is 0.123 e. The maximum atomic E-state index is 11.8. The molecule has 0 saturated carbocycles. The van der Waals surface area contributed by atoms with Gasteiger partial charge in [0, 0.05) is 9.80 Å². The molecule has 1 nitrogen and oxygen atoms in total. The van der Waals surface area contributed by atoms with Crippen molar-refractivity contribution in [1.82, 2.24) is 0 Å². The van der Waals surface area contributed by atoms with Gasteiger partial charge in [0.15, 0.2) is 0 Å². The number of halogens is 3. The molecule has 0 aliphatic carbocycles. The first kappa shape index (κ1) is 14.9. The Balaban J connectivity index is 0.000000921. The van der Waals surface area contributed by atoms with Crippen molar-refractivity contribution in [3.8, 4) is 5.75 Å². The maximum absolute atomic E-state index is 11.8. The highest BCUT2D eigenvalue weighted by Crippen LogP contribution is 2.22. The lowest BCUT2D eigenvalue weighted by Gasteiger charge is -2.05. The number of benzene rings is 1. The van der Waals surface area contributed by atoms with E-state index in [4.69, 9.17) is 4.74 Å². The van der Waals surface area contributed by atoms with Crippen molar-refractivity contribution >= 4 is 31.9 Å². The Morgan fingerprint density at radius 1 is 1.27 bits per heavy atom. The average Bonchev–Trinajstić information content (AvgIpc) is 2.28. The zero-order valence-electron chi connectivity index (χ0n) is 8.90. The third-order valence-electron chi connectivity index (χ3n) is 1.43. The average molecular weight is 342 g/mol. The molecule has 86 valence electrons. The number of hydrogen-bond acceptors (Lipinski definition) is 1. The summed E-state index contributed by atoms with van der Waals surface area (Å²) in [6, 6.07) is 5.69. The molecule has 0 heterocycles. The Morgan fingerprint density at radius 3 is 2.47 bits per heavy atom. The molecule has 4 heteroatoms. The van der Waals surface area contributed by atoms with E-state index < -0.39 is 6.67 Å². The lowest BCUT2D eigenvalue weighted by atomic mass is 10.2. The van der Waals surface area contributed by atoms with Gasteiger partial charge in [-0.3, -0.25) is 0 Å². The highest BCUT2D eigenvalue weighted by atomic mass is 79.9. The summed E-state index contributed by atoms with van der Waals surface area (Å²) in [6.07, 6.45) is 0. The molecule has 0 spiro atoms. The molecule has 0 aliphatic heterocycles. The van der Waals surface area contributed by atoms with Gasteiger partial charge in [-0.1, -0.05) is 45.7 Å². The van der Waals surface area contributed by atoms with Crippen molar-refractivity contribution in [2.45, 2.75) is 19.2 Å². The lowest BCUT2D eigenvalue weighted by Crippen LogP contribution is -1.98. The lowest BCUT2D eigenvalue weighted by molar-refractivity contribution is 0.273. The summed E-state index contributed by atoms with van der Waals surface area (Å²) < 4.78 is 17.9. The summed E-state index contributed by atoms with van der Waals surface area (Å²) >= 11 is 6.69. The van der Waals surface area contributed by atoms with Crippen LogP contribution < -0.4 is 4.74 Å². The van der Waals surface area contributed by atoms with Crippen LogP contribution in [-0.4, -0.2) is 13.3 Å². The van der Waals surface area contributed by atoms with E-state index in [1.165, 1.54) is 0 Å². The van der Waals surface area contributed by atoms with Gasteiger partial charge < -0.3 is 4.74 Å². The fourth-order valence-corrected chi connectivity index (χ4v) is 1.78. The predicted molar refractivity (Wildman–Crippen MR) is 69.6 cm³/mol. The third-order valence-corrected chi connectivity index (χ3v) is 2.54. The summed E-state index contributed by atoms with van der Waals surface area (Å²) in [5.41, 5.74) is 1.10. The molecule has 0 atom stereocenters. The fraction of sp³-hybridized carbons (Fsp3) is 0.455. The minimum atomic E-state index is -0.462. The van der Waals surface area contributed by atoms with Crippen molar-refractivity contribution in [2.24, 2.45) is 0 Å². The van der Waals surface area contributed by atoms with Crippen LogP contribution in [0.4, 0.5) is 4.39 Å². The summed E-state index contributed by atoms with van der Waals surface area (Å²) in [5, 5.41) is 0.762. The van der Waals surface area contributed by atoms with Crippen molar-refractivity contribution in [2.75, 3.05) is 13.3 Å². The Morgan fingerprint density at radius 2 is 1.93 bits per heavy atom. The highest BCUT2D eigenvalue weighted by Gasteiger charge is 1.99. The Bertz CT molecular complexity index is 279. The standard InChI is InChI=1S/C9H9Br2FO.C2H6/c10-6-7-3-8(11)5-9(4-7)13-2-1-12;1-2/h3-5H,1-2,6H2;1-2H3. The van der Waals surface area contributed by atoms with Crippen LogP contribution in [0, 0.1) is 0 Å². The second kappa shape index (κ2) is 9.16. The van der Waals surface area contributed by atoms with E-state index in [1.54, 1.807) is 0 Å². The van der Waals surface area contributed by atoms with Gasteiger partial charge in [0.1, 0.15) is 19.0 Å². The monoisotopic (exact) mass is 340 g/mol. The van der Waals surface area contributed by atoms with Crippen molar-refractivity contribution < 1.29 is 9.13 Å². The first-order chi connectivity index (χ1) is 7.26. The molecule has 0 aliphatic rings. The predicted octanol–water partition coefficient (Wildman–Crippen LogP) is 4.72. The van der Waals surface area contributed by atoms with E-state index in [-0.39, 0.29) is 6.61 Å². The van der Waals surface area contributed by atoms with Gasteiger partial charge in [-0.15, -0.1) is 0 Å². The first-order valence-corrected chi connectivity index (χ1v) is 6.72. The highest BCUT2D eigenvalue weighted by molar-refractivity contribution is 9.10. The van der Waals surface area contributed by atoms with Gasteiger partial charge in [-0.05, 0) is 23.8 Å². The molecule has 0 saturated heterocycles. The number of rotatable bonds is 4. The van der Waals surface area contributed by atoms with Gasteiger partial charge in [0.2, 0.25) is 0 Å². The molecule has 0 fully saturated rings. The van der Waals surface area contributed by atoms with Gasteiger partial charge in [-0.2, -0.15) is 0 Å². The van der Waals surface area contributed by atoms with E-state index in [9.17, 15) is 4.39 Å². The van der Waals surface area contributed by atoms with Crippen LogP contribution in [0.1, 0.15) is 19.4 Å². The van der Waals surface area contributed by atoms with Crippen LogP contribution in [0.5, 0.6) is 5.75 Å². The molecule has 0 aromatic heterocycles. The number of alkyl halides is 2. The van der Waals surface area contributed by atoms with Gasteiger partial charge >= 0.3 is 0 Å². The van der Waals surface area contributed by atoms with Crippen molar-refractivity contribution in [3.05, 3.63) is 28.2 Å². The van der Waals surface area contributed by atoms with Gasteiger partial charge in [0.05, 0.1) is 0 Å². The van der Waals surface area contributed by atoms with Crippen LogP contribution in [0.15, 0.2) is 22.7 Å². The second-order valence-corrected chi connectivity index (χ2v) is 3.94. The Kier molecular flexibility index (Phi) is 9.10. The minimum absolute atomic E-state index is 0.109. The van der Waals surface area contributed by atoms with E-state index in [0.29, 0.717) is 5.75 Å². The molecule has 0 bridgehead atoms. The molecule has 1 rings (SSSR count). The van der Waals surface area contributed by atoms with Gasteiger partial charge in [-0.25, -0.2) is 4.39 Å². The molecular formula is C11H15Br2FO. The molecule has 15 heavy (non-hydrogen) atoms. The van der Waals surface area contributed by atoms with Crippen molar-refractivity contribution in [1.29, 1.82) is 0 Å². The summed E-state index contributed by atoms with van der Waals surface area (Å²) in [5.74, 6) is 0.696. The maximum Gasteiger partial charge on any atom is 0.123 e. The molecule has 0 radical (unpaired) electrons. The van der Waals surface area contributed by atoms with Gasteiger partial charge in [0.25, 0.3) is 0 Å². The van der Waals surface area contributed by atoms with Crippen LogP contribution >= 0.6 is 31.9 Å². The van der Waals surface area contributed by atoms with E-state index >= 15 is 0 Å². The van der Waals surface area contributed by atoms with E-state index in [1.807, 2.05) is 32.0 Å². The number of ether oxygens (including phenoxy) is 1. The van der Waals surface area contributed by atoms with Crippen LogP contribution in [0.3, 0.4) is 0 Å². The number of hydrogen-bond donors (Lipinski definition) is 0. The Hall–Kier alpha value is -0.0900. The third kappa shape index (κ3) is 6.15. The normalized spacial score (nSPS) is 9.13. The molecule has 0 N–H and O–H groups in total. The summed E-state index contributed by atoms with van der Waals surface area (Å²) in [7, 11) is 0. The molecule has 0 unspecified atom stereocenters. The van der Waals surface area contributed by atoms with Crippen LogP contribution in [-0.2, 0) is 5.33 Å². The molecule has 1 aromatic rings. The SMILES string of the molecule is CC.FCCOc1cc(Br)cc(CBr)c1. The van der Waals surface area contributed by atoms with Crippen molar-refractivity contribution in [3.63, 3.8) is 0 Å². The topological polar surface area (TPSA) is 9.23 Å². The molecule has 0 amide bonds. The zero-order chi connectivity index (χ0) is 11.7. The quantitative estimate of drug-likeness (QED) is 0.720. The summed E-state index contributed by atoms with van der Waals surface area (Å²) in [4.78, 5) is 0. The summed E-state index contributed by atoms with van der Waals surface area (Å²) in [6.45, 7) is 3.65. The minimum Gasteiger partial charge on any atom is -0.491 e. The van der Waals surface area contributed by atoms with Crippen LogP contribution in [0.25, 0.3) is 0 Å². The first-order valence-electron chi connectivity index (χ1n) is 4.80. The molecular weight excluding hydrogens is 327 g/mol. The largest absolute Gasteiger partial charge is 0.491 e. The van der Waals surface area contributed by atoms with E-state index in [2.05, 4.69) is 31.9 Å². The zero-order valence-corrected chi connectivity index (χ0v) is 12.1. The molecule has 1 aromatic carbocycles. The Labute approximate surface area is 107 Å². The van der Waals surface area contributed by atoms with E-state index in [0.717, 1.165) is 15.4 Å².